The average molecular weight is 459 g/mol. The molecular weight excluding hydrogens is 442 g/mol. The van der Waals surface area contributed by atoms with Gasteiger partial charge in [0.25, 0.3) is 5.56 Å². The Labute approximate surface area is 190 Å². The van der Waals surface area contributed by atoms with Crippen LogP contribution < -0.4 is 10.1 Å². The van der Waals surface area contributed by atoms with Gasteiger partial charge in [0.2, 0.25) is 0 Å². The quantitative estimate of drug-likeness (QED) is 0.426. The highest BCUT2D eigenvalue weighted by atomic mass is 32.1. The summed E-state index contributed by atoms with van der Waals surface area (Å²) in [5.74, 6) is -2.42. The van der Waals surface area contributed by atoms with E-state index in [-0.39, 0.29) is 16.7 Å². The minimum Gasteiger partial charge on any atom is -0.478 e. The Balaban J connectivity index is 1.69. The third-order valence-corrected chi connectivity index (χ3v) is 6.54. The van der Waals surface area contributed by atoms with E-state index in [1.54, 1.807) is 15.0 Å². The minimum atomic E-state index is -1.21. The van der Waals surface area contributed by atoms with E-state index < -0.39 is 11.9 Å². The van der Waals surface area contributed by atoms with Crippen molar-refractivity contribution >= 4 is 45.3 Å². The number of thiazole rings is 1. The van der Waals surface area contributed by atoms with Crippen molar-refractivity contribution in [2.75, 3.05) is 0 Å². The summed E-state index contributed by atoms with van der Waals surface area (Å²) >= 11 is 1.30. The van der Waals surface area contributed by atoms with Gasteiger partial charge in [-0.1, -0.05) is 23.5 Å². The lowest BCUT2D eigenvalue weighted by Crippen LogP contribution is -2.22. The maximum absolute atomic E-state index is 13.1. The van der Waals surface area contributed by atoms with Crippen molar-refractivity contribution < 1.29 is 19.8 Å². The molecule has 8 nitrogen and oxygen atoms in total. The Hall–Kier alpha value is -4.24. The molecule has 0 fully saturated rings. The highest BCUT2D eigenvalue weighted by Gasteiger charge is 2.17. The molecule has 3 heterocycles. The fourth-order valence-corrected chi connectivity index (χ4v) is 5.05. The highest BCUT2D eigenvalue weighted by molar-refractivity contribution is 7.15. The molecule has 5 rings (SSSR count). The van der Waals surface area contributed by atoms with Crippen LogP contribution in [0.25, 0.3) is 27.8 Å². The number of carbonyl (C=O) groups is 2. The van der Waals surface area contributed by atoms with Crippen LogP contribution in [0.2, 0.25) is 0 Å². The molecule has 0 saturated heterocycles. The molecule has 0 aliphatic heterocycles. The maximum Gasteiger partial charge on any atom is 0.335 e. The highest BCUT2D eigenvalue weighted by Crippen LogP contribution is 2.24. The van der Waals surface area contributed by atoms with Crippen LogP contribution in [0.5, 0.6) is 0 Å². The lowest BCUT2D eigenvalue weighted by atomic mass is 10.1. The number of aromatic nitrogens is 3. The monoisotopic (exact) mass is 459 g/mol. The summed E-state index contributed by atoms with van der Waals surface area (Å²) in [6, 6.07) is 13.3. The van der Waals surface area contributed by atoms with Gasteiger partial charge in [0.15, 0.2) is 4.96 Å². The number of carboxylic acid groups (broad SMARTS) is 2. The van der Waals surface area contributed by atoms with Crippen molar-refractivity contribution in [2.45, 2.75) is 13.8 Å². The van der Waals surface area contributed by atoms with Gasteiger partial charge in [0.05, 0.1) is 26.7 Å². The summed E-state index contributed by atoms with van der Waals surface area (Å²) in [5.41, 5.74) is 3.86. The molecule has 0 aliphatic carbocycles. The molecule has 0 aliphatic rings. The number of nitrogens with zero attached hydrogens (tertiary/aromatic N) is 3. The van der Waals surface area contributed by atoms with E-state index >= 15 is 0 Å². The van der Waals surface area contributed by atoms with Crippen molar-refractivity contribution in [1.82, 2.24) is 14.0 Å². The van der Waals surface area contributed by atoms with Crippen LogP contribution in [0, 0.1) is 13.8 Å². The number of aryl methyl sites for hydroxylation is 1. The van der Waals surface area contributed by atoms with Crippen molar-refractivity contribution in [3.63, 3.8) is 0 Å². The smallest absolute Gasteiger partial charge is 0.335 e. The number of benzene rings is 2. The number of hydrogen-bond donors (Lipinski definition) is 2. The van der Waals surface area contributed by atoms with Gasteiger partial charge in [0, 0.05) is 17.1 Å². The summed E-state index contributed by atoms with van der Waals surface area (Å²) in [7, 11) is 0. The van der Waals surface area contributed by atoms with Gasteiger partial charge in [-0.15, -0.1) is 0 Å². The summed E-state index contributed by atoms with van der Waals surface area (Å²) in [6.45, 7) is 3.68. The van der Waals surface area contributed by atoms with E-state index in [9.17, 15) is 24.6 Å². The van der Waals surface area contributed by atoms with E-state index in [0.717, 1.165) is 34.1 Å². The second-order valence-electron chi connectivity index (χ2n) is 7.68. The van der Waals surface area contributed by atoms with E-state index in [0.29, 0.717) is 15.2 Å². The minimum absolute atomic E-state index is 0.115. The zero-order valence-corrected chi connectivity index (χ0v) is 18.4. The van der Waals surface area contributed by atoms with E-state index in [1.165, 1.54) is 23.5 Å². The first-order chi connectivity index (χ1) is 15.7. The Bertz CT molecular complexity index is 1690. The second-order valence-corrected chi connectivity index (χ2v) is 8.68. The number of imidazole rings is 1. The molecule has 164 valence electrons. The third-order valence-electron chi connectivity index (χ3n) is 5.57. The molecular formula is C24H17N3O5S. The first kappa shape index (κ1) is 20.7. The first-order valence-electron chi connectivity index (χ1n) is 9.97. The maximum atomic E-state index is 13.1. The molecule has 0 saturated carbocycles. The fraction of sp³-hybridized carbons (Fsp3) is 0.0833. The number of aromatic carboxylic acids is 2. The summed E-state index contributed by atoms with van der Waals surface area (Å²) in [4.78, 5) is 41.3. The Morgan fingerprint density at radius 1 is 1.00 bits per heavy atom. The van der Waals surface area contributed by atoms with Gasteiger partial charge in [-0.3, -0.25) is 4.79 Å². The van der Waals surface area contributed by atoms with Crippen molar-refractivity contribution in [1.29, 1.82) is 0 Å². The summed E-state index contributed by atoms with van der Waals surface area (Å²) < 4.78 is 3.90. The van der Waals surface area contributed by atoms with Crippen LogP contribution in [-0.4, -0.2) is 36.1 Å². The molecule has 2 N–H and O–H groups in total. The lowest BCUT2D eigenvalue weighted by molar-refractivity contribution is 0.0696. The van der Waals surface area contributed by atoms with Crippen molar-refractivity contribution in [3.05, 3.63) is 91.5 Å². The summed E-state index contributed by atoms with van der Waals surface area (Å²) in [5, 5.41) is 18.8. The van der Waals surface area contributed by atoms with Crippen LogP contribution in [0.3, 0.4) is 0 Å². The van der Waals surface area contributed by atoms with Gasteiger partial charge in [0.1, 0.15) is 0 Å². The van der Waals surface area contributed by atoms with Crippen LogP contribution in [0.15, 0.2) is 53.3 Å². The normalized spacial score (nSPS) is 12.1. The molecule has 5 aromatic rings. The standard InChI is InChI=1S/C24H17N3O5S/c1-12-7-14(11-20-21(28)27-19-6-4-3-5-18(19)25-24(27)33-20)13(2)26(12)17-9-15(22(29)30)8-16(10-17)23(31)32/h3-11H,1-2H3,(H,29,30)(H,31,32)/b20-11+. The molecule has 3 aromatic heterocycles. The topological polar surface area (TPSA) is 114 Å². The molecule has 2 aromatic carbocycles. The van der Waals surface area contributed by atoms with Gasteiger partial charge >= 0.3 is 11.9 Å². The molecule has 0 unspecified atom stereocenters. The lowest BCUT2D eigenvalue weighted by Gasteiger charge is -2.12. The number of hydrogen-bond acceptors (Lipinski definition) is 5. The first-order valence-corrected chi connectivity index (χ1v) is 10.8. The predicted octanol–water partition coefficient (Wildman–Crippen LogP) is 3.26. The summed E-state index contributed by atoms with van der Waals surface area (Å²) in [6.07, 6.45) is 1.79. The average Bonchev–Trinajstić information content (AvgIpc) is 3.38. The van der Waals surface area contributed by atoms with Gasteiger partial charge < -0.3 is 14.8 Å². The largest absolute Gasteiger partial charge is 0.478 e. The molecule has 0 atom stereocenters. The third kappa shape index (κ3) is 3.30. The molecule has 9 heteroatoms. The SMILES string of the molecule is Cc1cc(/C=c2/sc3nc4ccccc4n3c2=O)c(C)n1-c1cc(C(=O)O)cc(C(=O)O)c1. The second kappa shape index (κ2) is 7.42. The Morgan fingerprint density at radius 2 is 1.67 bits per heavy atom. The fourth-order valence-electron chi connectivity index (χ4n) is 4.07. The Kier molecular flexibility index (Phi) is 4.64. The zero-order chi connectivity index (χ0) is 23.4. The number of fused-ring (bicyclic) bond motifs is 3. The van der Waals surface area contributed by atoms with Crippen LogP contribution >= 0.6 is 11.3 Å². The van der Waals surface area contributed by atoms with Crippen LogP contribution in [0.1, 0.15) is 37.7 Å². The van der Waals surface area contributed by atoms with Crippen molar-refractivity contribution in [2.24, 2.45) is 0 Å². The van der Waals surface area contributed by atoms with Gasteiger partial charge in [-0.25, -0.2) is 19.0 Å². The zero-order valence-electron chi connectivity index (χ0n) is 17.6. The Morgan fingerprint density at radius 3 is 2.33 bits per heavy atom. The van der Waals surface area contributed by atoms with Crippen LogP contribution in [-0.2, 0) is 0 Å². The van der Waals surface area contributed by atoms with E-state index in [2.05, 4.69) is 4.98 Å². The van der Waals surface area contributed by atoms with E-state index in [1.807, 2.05) is 44.2 Å². The predicted molar refractivity (Wildman–Crippen MR) is 125 cm³/mol. The number of rotatable bonds is 4. The van der Waals surface area contributed by atoms with Gasteiger partial charge in [-0.05, 0) is 61.9 Å². The van der Waals surface area contributed by atoms with Crippen LogP contribution in [0.4, 0.5) is 0 Å². The number of carboxylic acids is 2. The van der Waals surface area contributed by atoms with E-state index in [4.69, 9.17) is 0 Å². The molecule has 0 spiro atoms. The molecule has 33 heavy (non-hydrogen) atoms. The number of para-hydroxylation sites is 2. The van der Waals surface area contributed by atoms with Crippen molar-refractivity contribution in [3.8, 4) is 5.69 Å². The van der Waals surface area contributed by atoms with Gasteiger partial charge in [-0.2, -0.15) is 0 Å². The molecule has 0 amide bonds. The molecule has 0 bridgehead atoms. The molecule has 0 radical (unpaired) electrons.